The van der Waals surface area contributed by atoms with Crippen molar-refractivity contribution in [3.05, 3.63) is 67.2 Å². The minimum Gasteiger partial charge on any atom is -0.326 e. The van der Waals surface area contributed by atoms with Gasteiger partial charge < -0.3 is 10.6 Å². The number of anilines is 2. The van der Waals surface area contributed by atoms with Crippen LogP contribution in [0.4, 0.5) is 22.7 Å². The number of carbonyl (C=O) groups excluding carboxylic acids is 2. The van der Waals surface area contributed by atoms with Crippen molar-refractivity contribution >= 4 is 46.2 Å². The third-order valence-corrected chi connectivity index (χ3v) is 3.53. The number of hydrogen-bond donors (Lipinski definition) is 2. The minimum atomic E-state index is -0.913. The summed E-state index contributed by atoms with van der Waals surface area (Å²) >= 11 is 5.86. The lowest BCUT2D eigenvalue weighted by molar-refractivity contribution is -0.394. The molecule has 0 atom stereocenters. The molecule has 0 radical (unpaired) electrons. The average Bonchev–Trinajstić information content (AvgIpc) is 2.54. The van der Waals surface area contributed by atoms with Gasteiger partial charge in [-0.2, -0.15) is 0 Å². The molecule has 0 aliphatic heterocycles. The van der Waals surface area contributed by atoms with E-state index in [1.807, 2.05) is 0 Å². The second-order valence-electron chi connectivity index (χ2n) is 5.06. The van der Waals surface area contributed by atoms with Gasteiger partial charge in [-0.25, -0.2) is 0 Å². The molecule has 0 unspecified atom stereocenters. The SMILES string of the molecule is CC(=O)Nc1cccc(NC(=O)c2cc([N+](=O)[O-])cc([N+](=O)[O-])c2Cl)c1. The van der Waals surface area contributed by atoms with E-state index in [2.05, 4.69) is 10.6 Å². The zero-order valence-corrected chi connectivity index (χ0v) is 13.9. The van der Waals surface area contributed by atoms with Crippen LogP contribution < -0.4 is 10.6 Å². The maximum atomic E-state index is 12.4. The van der Waals surface area contributed by atoms with Gasteiger partial charge in [-0.3, -0.25) is 29.8 Å². The molecule has 10 nitrogen and oxygen atoms in total. The number of benzene rings is 2. The second-order valence-corrected chi connectivity index (χ2v) is 5.43. The van der Waals surface area contributed by atoms with Crippen LogP contribution in [-0.2, 0) is 4.79 Å². The van der Waals surface area contributed by atoms with Gasteiger partial charge in [0.1, 0.15) is 5.02 Å². The molecule has 26 heavy (non-hydrogen) atoms. The van der Waals surface area contributed by atoms with Crippen molar-refractivity contribution in [1.82, 2.24) is 0 Å². The van der Waals surface area contributed by atoms with E-state index in [-0.39, 0.29) is 11.6 Å². The summed E-state index contributed by atoms with van der Waals surface area (Å²) in [4.78, 5) is 43.6. The van der Waals surface area contributed by atoms with Crippen LogP contribution in [0.25, 0.3) is 0 Å². The molecule has 134 valence electrons. The van der Waals surface area contributed by atoms with Crippen molar-refractivity contribution in [3.8, 4) is 0 Å². The Bertz CT molecular complexity index is 930. The molecule has 0 spiro atoms. The number of amides is 2. The summed E-state index contributed by atoms with van der Waals surface area (Å²) in [7, 11) is 0. The summed E-state index contributed by atoms with van der Waals surface area (Å²) in [6, 6.07) is 7.61. The van der Waals surface area contributed by atoms with E-state index in [4.69, 9.17) is 11.6 Å². The molecule has 2 aromatic carbocycles. The molecule has 2 N–H and O–H groups in total. The van der Waals surface area contributed by atoms with Gasteiger partial charge in [-0.1, -0.05) is 17.7 Å². The lowest BCUT2D eigenvalue weighted by Gasteiger charge is -2.09. The van der Waals surface area contributed by atoms with Crippen LogP contribution in [0.5, 0.6) is 0 Å². The Morgan fingerprint density at radius 3 is 2.15 bits per heavy atom. The lowest BCUT2D eigenvalue weighted by Crippen LogP contribution is -2.14. The fourth-order valence-electron chi connectivity index (χ4n) is 2.07. The second kappa shape index (κ2) is 7.57. The van der Waals surface area contributed by atoms with E-state index < -0.39 is 37.7 Å². The highest BCUT2D eigenvalue weighted by Crippen LogP contribution is 2.33. The molecular weight excluding hydrogens is 368 g/mol. The quantitative estimate of drug-likeness (QED) is 0.602. The summed E-state index contributed by atoms with van der Waals surface area (Å²) < 4.78 is 0. The van der Waals surface area contributed by atoms with Gasteiger partial charge in [-0.15, -0.1) is 0 Å². The van der Waals surface area contributed by atoms with E-state index in [0.717, 1.165) is 6.07 Å². The van der Waals surface area contributed by atoms with Crippen LogP contribution in [0.3, 0.4) is 0 Å². The van der Waals surface area contributed by atoms with Gasteiger partial charge in [0, 0.05) is 24.4 Å². The Kier molecular flexibility index (Phi) is 5.48. The normalized spacial score (nSPS) is 10.1. The van der Waals surface area contributed by atoms with Crippen molar-refractivity contribution in [2.75, 3.05) is 10.6 Å². The van der Waals surface area contributed by atoms with Crippen LogP contribution >= 0.6 is 11.6 Å². The molecule has 0 fully saturated rings. The topological polar surface area (TPSA) is 144 Å². The number of nitrogens with zero attached hydrogens (tertiary/aromatic N) is 2. The first kappa shape index (κ1) is 18.8. The van der Waals surface area contributed by atoms with Crippen LogP contribution in [0.15, 0.2) is 36.4 Å². The highest BCUT2D eigenvalue weighted by Gasteiger charge is 2.26. The monoisotopic (exact) mass is 378 g/mol. The van der Waals surface area contributed by atoms with Gasteiger partial charge in [0.25, 0.3) is 17.3 Å². The highest BCUT2D eigenvalue weighted by atomic mass is 35.5. The fraction of sp³-hybridized carbons (Fsp3) is 0.0667. The van der Waals surface area contributed by atoms with E-state index in [1.54, 1.807) is 12.1 Å². The molecule has 11 heteroatoms. The maximum absolute atomic E-state index is 12.4. The largest absolute Gasteiger partial charge is 0.326 e. The van der Waals surface area contributed by atoms with E-state index >= 15 is 0 Å². The number of rotatable bonds is 5. The Balaban J connectivity index is 2.39. The molecule has 0 bridgehead atoms. The molecule has 2 aromatic rings. The average molecular weight is 379 g/mol. The molecule has 0 aromatic heterocycles. The van der Waals surface area contributed by atoms with Gasteiger partial charge in [0.15, 0.2) is 0 Å². The predicted molar refractivity (Wildman–Crippen MR) is 93.5 cm³/mol. The number of nitro benzene ring substituents is 2. The molecule has 0 heterocycles. The first-order valence-electron chi connectivity index (χ1n) is 7.00. The molecule has 0 aliphatic rings. The number of hydrogen-bond acceptors (Lipinski definition) is 6. The van der Waals surface area contributed by atoms with Crippen molar-refractivity contribution < 1.29 is 19.4 Å². The zero-order chi connectivity index (χ0) is 19.4. The zero-order valence-electron chi connectivity index (χ0n) is 13.2. The van der Waals surface area contributed by atoms with Gasteiger partial charge in [-0.05, 0) is 18.2 Å². The lowest BCUT2D eigenvalue weighted by atomic mass is 10.1. The molecular formula is C15H11ClN4O6. The van der Waals surface area contributed by atoms with Crippen LogP contribution in [0, 0.1) is 20.2 Å². The first-order chi connectivity index (χ1) is 12.2. The number of non-ortho nitro benzene ring substituents is 1. The molecule has 0 aliphatic carbocycles. The van der Waals surface area contributed by atoms with Crippen molar-refractivity contribution in [2.24, 2.45) is 0 Å². The fourth-order valence-corrected chi connectivity index (χ4v) is 2.34. The minimum absolute atomic E-state index is 0.256. The maximum Gasteiger partial charge on any atom is 0.295 e. The third-order valence-electron chi connectivity index (χ3n) is 3.13. The summed E-state index contributed by atoms with van der Waals surface area (Å²) in [5.74, 6) is -1.19. The summed E-state index contributed by atoms with van der Waals surface area (Å²) in [5.41, 5.74) is -1.15. The standard InChI is InChI=1S/C15H11ClN4O6/c1-8(21)17-9-3-2-4-10(5-9)18-15(22)12-6-11(19(23)24)7-13(14(12)16)20(25)26/h2-7H,1H3,(H,17,21)(H,18,22). The van der Waals surface area contributed by atoms with Gasteiger partial charge in [0.2, 0.25) is 5.91 Å². The van der Waals surface area contributed by atoms with Crippen molar-refractivity contribution in [1.29, 1.82) is 0 Å². The Hall–Kier alpha value is -3.53. The third kappa shape index (κ3) is 4.30. The Morgan fingerprint density at radius 2 is 1.62 bits per heavy atom. The van der Waals surface area contributed by atoms with Crippen molar-refractivity contribution in [2.45, 2.75) is 6.92 Å². The summed E-state index contributed by atoms with van der Waals surface area (Å²) in [5, 5.41) is 26.4. The van der Waals surface area contributed by atoms with Gasteiger partial charge >= 0.3 is 0 Å². The van der Waals surface area contributed by atoms with E-state index in [0.29, 0.717) is 11.8 Å². The number of nitro groups is 2. The number of carbonyl (C=O) groups is 2. The number of nitrogens with one attached hydrogen (secondary N) is 2. The highest BCUT2D eigenvalue weighted by molar-refractivity contribution is 6.36. The number of halogens is 1. The molecule has 2 rings (SSSR count). The Morgan fingerprint density at radius 1 is 1.00 bits per heavy atom. The molecule has 2 amide bonds. The molecule has 0 saturated carbocycles. The van der Waals surface area contributed by atoms with Crippen LogP contribution in [0.2, 0.25) is 5.02 Å². The van der Waals surface area contributed by atoms with Crippen molar-refractivity contribution in [3.63, 3.8) is 0 Å². The van der Waals surface area contributed by atoms with E-state index in [9.17, 15) is 29.8 Å². The summed E-state index contributed by atoms with van der Waals surface area (Å²) in [6.45, 7) is 1.31. The van der Waals surface area contributed by atoms with Crippen LogP contribution in [0.1, 0.15) is 17.3 Å². The first-order valence-corrected chi connectivity index (χ1v) is 7.38. The van der Waals surface area contributed by atoms with E-state index in [1.165, 1.54) is 19.1 Å². The predicted octanol–water partition coefficient (Wildman–Crippen LogP) is 3.37. The van der Waals surface area contributed by atoms with Gasteiger partial charge in [0.05, 0.1) is 21.5 Å². The smallest absolute Gasteiger partial charge is 0.295 e. The molecule has 0 saturated heterocycles. The summed E-state index contributed by atoms with van der Waals surface area (Å²) in [6.07, 6.45) is 0. The van der Waals surface area contributed by atoms with Crippen LogP contribution in [-0.4, -0.2) is 21.7 Å². The Labute approximate surface area is 151 Å².